The molecule has 1 N–H and O–H groups in total. The van der Waals surface area contributed by atoms with Crippen molar-refractivity contribution in [3.8, 4) is 0 Å². The largest absolute Gasteiger partial charge is 0.311 e. The van der Waals surface area contributed by atoms with Crippen molar-refractivity contribution in [3.05, 3.63) is 0 Å². The molecule has 0 spiro atoms. The van der Waals surface area contributed by atoms with Crippen LogP contribution in [0.2, 0.25) is 0 Å². The molecule has 106 valence electrons. The van der Waals surface area contributed by atoms with E-state index in [2.05, 4.69) is 37.9 Å². The first-order valence-corrected chi connectivity index (χ1v) is 8.14. The smallest absolute Gasteiger partial charge is 0.0221 e. The van der Waals surface area contributed by atoms with Crippen LogP contribution in [0.4, 0.5) is 0 Å². The third-order valence-electron chi connectivity index (χ3n) is 5.43. The summed E-state index contributed by atoms with van der Waals surface area (Å²) in [5.41, 5.74) is 0. The van der Waals surface area contributed by atoms with Gasteiger partial charge in [-0.05, 0) is 37.5 Å². The lowest BCUT2D eigenvalue weighted by Gasteiger charge is -2.45. The topological polar surface area (TPSA) is 15.3 Å². The molecule has 1 saturated carbocycles. The monoisotopic (exact) mass is 252 g/mol. The molecule has 1 aliphatic heterocycles. The van der Waals surface area contributed by atoms with Crippen LogP contribution in [0.3, 0.4) is 0 Å². The van der Waals surface area contributed by atoms with Crippen molar-refractivity contribution < 1.29 is 0 Å². The molecule has 2 nitrogen and oxygen atoms in total. The Morgan fingerprint density at radius 3 is 2.61 bits per heavy atom. The quantitative estimate of drug-likeness (QED) is 0.826. The third kappa shape index (κ3) is 3.08. The molecule has 2 aliphatic rings. The van der Waals surface area contributed by atoms with Gasteiger partial charge in [0.1, 0.15) is 0 Å². The molecule has 18 heavy (non-hydrogen) atoms. The van der Waals surface area contributed by atoms with Gasteiger partial charge in [-0.25, -0.2) is 0 Å². The highest BCUT2D eigenvalue weighted by molar-refractivity contribution is 4.93. The van der Waals surface area contributed by atoms with Crippen LogP contribution < -0.4 is 5.32 Å². The standard InChI is InChI=1S/C16H32N2/c1-5-13(4)16-11-18(14(6-2)10-17-16)15-8-7-12(3)9-15/h12-17H,5-11H2,1-4H3. The fourth-order valence-electron chi connectivity index (χ4n) is 3.82. The fourth-order valence-corrected chi connectivity index (χ4v) is 3.82. The summed E-state index contributed by atoms with van der Waals surface area (Å²) >= 11 is 0. The zero-order valence-electron chi connectivity index (χ0n) is 12.8. The van der Waals surface area contributed by atoms with E-state index in [1.54, 1.807) is 0 Å². The van der Waals surface area contributed by atoms with E-state index in [-0.39, 0.29) is 0 Å². The van der Waals surface area contributed by atoms with Gasteiger partial charge in [-0.3, -0.25) is 4.90 Å². The zero-order valence-corrected chi connectivity index (χ0v) is 12.8. The average molecular weight is 252 g/mol. The van der Waals surface area contributed by atoms with Gasteiger partial charge in [-0.2, -0.15) is 0 Å². The number of piperazine rings is 1. The molecular formula is C16H32N2. The van der Waals surface area contributed by atoms with E-state index >= 15 is 0 Å². The second-order valence-corrected chi connectivity index (χ2v) is 6.73. The van der Waals surface area contributed by atoms with Crippen LogP contribution in [0.25, 0.3) is 0 Å². The van der Waals surface area contributed by atoms with Crippen molar-refractivity contribution in [3.63, 3.8) is 0 Å². The molecule has 1 saturated heterocycles. The Bertz CT molecular complexity index is 253. The molecule has 5 atom stereocenters. The highest BCUT2D eigenvalue weighted by Gasteiger charge is 2.35. The number of nitrogens with zero attached hydrogens (tertiary/aromatic N) is 1. The Hall–Kier alpha value is -0.0800. The summed E-state index contributed by atoms with van der Waals surface area (Å²) < 4.78 is 0. The van der Waals surface area contributed by atoms with E-state index < -0.39 is 0 Å². The predicted octanol–water partition coefficient (Wildman–Crippen LogP) is 3.27. The van der Waals surface area contributed by atoms with Gasteiger partial charge in [0, 0.05) is 31.2 Å². The Balaban J connectivity index is 1.99. The Kier molecular flexibility index (Phi) is 5.08. The first kappa shape index (κ1) is 14.3. The summed E-state index contributed by atoms with van der Waals surface area (Å²) in [4.78, 5) is 2.86. The van der Waals surface area contributed by atoms with E-state index in [4.69, 9.17) is 0 Å². The zero-order chi connectivity index (χ0) is 13.1. The maximum absolute atomic E-state index is 3.79. The minimum atomic E-state index is 0.716. The summed E-state index contributed by atoms with van der Waals surface area (Å²) in [6.45, 7) is 12.0. The molecule has 2 fully saturated rings. The molecule has 0 bridgehead atoms. The van der Waals surface area contributed by atoms with Crippen LogP contribution in [0.15, 0.2) is 0 Å². The van der Waals surface area contributed by atoms with Gasteiger partial charge in [0.05, 0.1) is 0 Å². The second-order valence-electron chi connectivity index (χ2n) is 6.73. The molecule has 1 aliphatic carbocycles. The van der Waals surface area contributed by atoms with Crippen molar-refractivity contribution in [1.82, 2.24) is 10.2 Å². The number of hydrogen-bond donors (Lipinski definition) is 1. The average Bonchev–Trinajstić information content (AvgIpc) is 2.83. The van der Waals surface area contributed by atoms with Crippen molar-refractivity contribution in [1.29, 1.82) is 0 Å². The maximum atomic E-state index is 3.79. The summed E-state index contributed by atoms with van der Waals surface area (Å²) in [5, 5.41) is 3.79. The van der Waals surface area contributed by atoms with Crippen LogP contribution in [-0.2, 0) is 0 Å². The van der Waals surface area contributed by atoms with E-state index in [1.165, 1.54) is 45.2 Å². The predicted molar refractivity (Wildman–Crippen MR) is 78.8 cm³/mol. The Morgan fingerprint density at radius 2 is 2.06 bits per heavy atom. The molecule has 0 aromatic carbocycles. The minimum Gasteiger partial charge on any atom is -0.311 e. The molecule has 0 radical (unpaired) electrons. The first-order chi connectivity index (χ1) is 8.65. The lowest BCUT2D eigenvalue weighted by atomic mass is 9.93. The molecule has 0 aromatic heterocycles. The Morgan fingerprint density at radius 1 is 1.28 bits per heavy atom. The van der Waals surface area contributed by atoms with Gasteiger partial charge in [0.2, 0.25) is 0 Å². The van der Waals surface area contributed by atoms with Gasteiger partial charge in [0.25, 0.3) is 0 Å². The van der Waals surface area contributed by atoms with E-state index in [1.807, 2.05) is 0 Å². The number of nitrogens with one attached hydrogen (secondary N) is 1. The highest BCUT2D eigenvalue weighted by atomic mass is 15.3. The van der Waals surface area contributed by atoms with E-state index in [9.17, 15) is 0 Å². The molecule has 1 heterocycles. The van der Waals surface area contributed by atoms with Crippen molar-refractivity contribution >= 4 is 0 Å². The van der Waals surface area contributed by atoms with Crippen LogP contribution in [0, 0.1) is 11.8 Å². The van der Waals surface area contributed by atoms with Crippen molar-refractivity contribution in [2.45, 2.75) is 77.9 Å². The minimum absolute atomic E-state index is 0.716. The lowest BCUT2D eigenvalue weighted by Crippen LogP contribution is -2.60. The van der Waals surface area contributed by atoms with Crippen molar-refractivity contribution in [2.24, 2.45) is 11.8 Å². The Labute approximate surface area is 114 Å². The summed E-state index contributed by atoms with van der Waals surface area (Å²) in [7, 11) is 0. The SMILES string of the molecule is CCC(C)C1CN(C2CCC(C)C2)C(CC)CN1. The highest BCUT2D eigenvalue weighted by Crippen LogP contribution is 2.32. The second kappa shape index (κ2) is 6.38. The lowest BCUT2D eigenvalue weighted by molar-refractivity contribution is 0.0649. The maximum Gasteiger partial charge on any atom is 0.0221 e. The fraction of sp³-hybridized carbons (Fsp3) is 1.00. The van der Waals surface area contributed by atoms with E-state index in [0.29, 0.717) is 6.04 Å². The van der Waals surface area contributed by atoms with Crippen LogP contribution in [0.5, 0.6) is 0 Å². The molecule has 2 rings (SSSR count). The normalized spacial score (nSPS) is 40.0. The van der Waals surface area contributed by atoms with Gasteiger partial charge in [-0.1, -0.05) is 34.1 Å². The summed E-state index contributed by atoms with van der Waals surface area (Å²) in [5.74, 6) is 1.76. The van der Waals surface area contributed by atoms with Crippen LogP contribution in [0.1, 0.15) is 59.8 Å². The molecule has 2 heteroatoms. The third-order valence-corrected chi connectivity index (χ3v) is 5.43. The van der Waals surface area contributed by atoms with Crippen LogP contribution in [-0.4, -0.2) is 36.1 Å². The van der Waals surface area contributed by atoms with Gasteiger partial charge >= 0.3 is 0 Å². The van der Waals surface area contributed by atoms with Crippen molar-refractivity contribution in [2.75, 3.05) is 13.1 Å². The molecule has 5 unspecified atom stereocenters. The number of rotatable bonds is 4. The summed E-state index contributed by atoms with van der Waals surface area (Å²) in [6.07, 6.45) is 6.90. The molecule has 0 amide bonds. The van der Waals surface area contributed by atoms with E-state index in [0.717, 1.165) is 23.9 Å². The van der Waals surface area contributed by atoms with Crippen LogP contribution >= 0.6 is 0 Å². The molecule has 0 aromatic rings. The first-order valence-electron chi connectivity index (χ1n) is 8.14. The van der Waals surface area contributed by atoms with Gasteiger partial charge in [-0.15, -0.1) is 0 Å². The molecular weight excluding hydrogens is 220 g/mol. The number of hydrogen-bond acceptors (Lipinski definition) is 2. The van der Waals surface area contributed by atoms with Gasteiger partial charge in [0.15, 0.2) is 0 Å². The van der Waals surface area contributed by atoms with Gasteiger partial charge < -0.3 is 5.32 Å². The summed E-state index contributed by atoms with van der Waals surface area (Å²) in [6, 6.07) is 2.37.